The average Bonchev–Trinajstić information content (AvgIpc) is 3.30. The number of hydrogen-bond acceptors (Lipinski definition) is 4. The number of amides is 1. The number of nitrogens with zero attached hydrogens (tertiary/aromatic N) is 3. The Hall–Kier alpha value is -3.18. The van der Waals surface area contributed by atoms with E-state index in [4.69, 9.17) is 5.10 Å². The number of sulfonamides is 1. The number of aromatic nitrogens is 2. The van der Waals surface area contributed by atoms with Gasteiger partial charge in [-0.3, -0.25) is 4.79 Å². The van der Waals surface area contributed by atoms with Crippen LogP contribution in [-0.2, 0) is 34.0 Å². The van der Waals surface area contributed by atoms with Gasteiger partial charge in [-0.15, -0.1) is 0 Å². The third kappa shape index (κ3) is 7.07. The van der Waals surface area contributed by atoms with Gasteiger partial charge in [-0.25, -0.2) is 13.1 Å². The number of alkyl halides is 3. The summed E-state index contributed by atoms with van der Waals surface area (Å²) in [6.07, 6.45) is -2.94. The van der Waals surface area contributed by atoms with E-state index < -0.39 is 26.7 Å². The summed E-state index contributed by atoms with van der Waals surface area (Å²) in [6, 6.07) is 16.0. The Morgan fingerprint density at radius 1 is 1.05 bits per heavy atom. The number of para-hydroxylation sites is 1. The Labute approximate surface area is 227 Å². The van der Waals surface area contributed by atoms with Crippen molar-refractivity contribution in [3.8, 4) is 5.69 Å². The largest absolute Gasteiger partial charge is 0.417 e. The summed E-state index contributed by atoms with van der Waals surface area (Å²) in [4.78, 5) is 11.9. The second-order valence-corrected chi connectivity index (χ2v) is 12.2. The molecule has 4 rings (SSSR count). The molecule has 39 heavy (non-hydrogen) atoms. The lowest BCUT2D eigenvalue weighted by Gasteiger charge is -2.31. The maximum atomic E-state index is 13.4. The van der Waals surface area contributed by atoms with E-state index >= 15 is 0 Å². The number of halogens is 3. The molecule has 0 unspecified atom stereocenters. The lowest BCUT2D eigenvalue weighted by molar-refractivity contribution is -0.140. The molecule has 3 aromatic rings. The van der Waals surface area contributed by atoms with Crippen LogP contribution < -0.4 is 5.32 Å². The first kappa shape index (κ1) is 28.8. The highest BCUT2D eigenvalue weighted by atomic mass is 32.2. The van der Waals surface area contributed by atoms with Crippen LogP contribution in [0.3, 0.4) is 0 Å². The topological polar surface area (TPSA) is 84.3 Å². The third-order valence-electron chi connectivity index (χ3n) is 6.78. The molecular formula is C28H33F3N4O3S. The predicted molar refractivity (Wildman–Crippen MR) is 141 cm³/mol. The van der Waals surface area contributed by atoms with Gasteiger partial charge in [0.15, 0.2) is 0 Å². The monoisotopic (exact) mass is 562 g/mol. The fraction of sp³-hybridized carbons (Fsp3) is 0.429. The standard InChI is InChI=1S/C28H33F3N4O3S/c1-20(2)16-24-18-22(33-35(24)23-8-4-3-5-9-23)19-32-27(36)17-21-12-14-34(15-13-21)39(37,38)26-11-7-6-10-25(26)28(29,30)31/h3-11,18,20-21H,12-17,19H2,1-2H3,(H,32,36). The van der Waals surface area contributed by atoms with Gasteiger partial charge in [0.05, 0.1) is 28.4 Å². The van der Waals surface area contributed by atoms with E-state index in [0.717, 1.165) is 39.9 Å². The minimum absolute atomic E-state index is 0.0620. The van der Waals surface area contributed by atoms with Gasteiger partial charge in [-0.1, -0.05) is 44.2 Å². The highest BCUT2D eigenvalue weighted by Gasteiger charge is 2.39. The van der Waals surface area contributed by atoms with Crippen molar-refractivity contribution >= 4 is 15.9 Å². The average molecular weight is 563 g/mol. The van der Waals surface area contributed by atoms with Crippen molar-refractivity contribution in [3.63, 3.8) is 0 Å². The Morgan fingerprint density at radius 2 is 1.69 bits per heavy atom. The van der Waals surface area contributed by atoms with Crippen molar-refractivity contribution in [3.05, 3.63) is 77.6 Å². The Bertz CT molecular complexity index is 1380. The number of rotatable bonds is 9. The molecule has 2 heterocycles. The lowest BCUT2D eigenvalue weighted by atomic mass is 9.94. The van der Waals surface area contributed by atoms with Crippen molar-refractivity contribution in [1.82, 2.24) is 19.4 Å². The van der Waals surface area contributed by atoms with Crippen LogP contribution in [0.15, 0.2) is 65.6 Å². The van der Waals surface area contributed by atoms with Crippen LogP contribution in [0.25, 0.3) is 5.69 Å². The molecule has 210 valence electrons. The molecule has 1 aliphatic rings. The van der Waals surface area contributed by atoms with E-state index in [0.29, 0.717) is 18.8 Å². The molecule has 0 bridgehead atoms. The summed E-state index contributed by atoms with van der Waals surface area (Å²) >= 11 is 0. The van der Waals surface area contributed by atoms with Gasteiger partial charge >= 0.3 is 6.18 Å². The van der Waals surface area contributed by atoms with Crippen LogP contribution in [0.5, 0.6) is 0 Å². The zero-order valence-electron chi connectivity index (χ0n) is 22.0. The zero-order valence-corrected chi connectivity index (χ0v) is 22.8. The van der Waals surface area contributed by atoms with Crippen LogP contribution in [0.4, 0.5) is 13.2 Å². The SMILES string of the molecule is CC(C)Cc1cc(CNC(=O)CC2CCN(S(=O)(=O)c3ccccc3C(F)(F)F)CC2)nn1-c1ccccc1. The molecule has 1 amide bonds. The van der Waals surface area contributed by atoms with E-state index in [1.807, 2.05) is 41.1 Å². The molecule has 0 spiro atoms. The molecule has 1 N–H and O–H groups in total. The van der Waals surface area contributed by atoms with Crippen molar-refractivity contribution in [1.29, 1.82) is 0 Å². The highest BCUT2D eigenvalue weighted by molar-refractivity contribution is 7.89. The molecule has 0 saturated carbocycles. The summed E-state index contributed by atoms with van der Waals surface area (Å²) in [5.41, 5.74) is 1.58. The third-order valence-corrected chi connectivity index (χ3v) is 8.73. The van der Waals surface area contributed by atoms with Gasteiger partial charge in [-0.05, 0) is 61.4 Å². The van der Waals surface area contributed by atoms with E-state index in [1.54, 1.807) is 0 Å². The van der Waals surface area contributed by atoms with Crippen LogP contribution >= 0.6 is 0 Å². The smallest absolute Gasteiger partial charge is 0.350 e. The van der Waals surface area contributed by atoms with Crippen LogP contribution in [0.1, 0.15) is 50.1 Å². The molecule has 11 heteroatoms. The van der Waals surface area contributed by atoms with Crippen molar-refractivity contribution in [2.24, 2.45) is 11.8 Å². The fourth-order valence-corrected chi connectivity index (χ4v) is 6.54. The van der Waals surface area contributed by atoms with E-state index in [9.17, 15) is 26.4 Å². The van der Waals surface area contributed by atoms with Crippen molar-refractivity contribution in [2.45, 2.75) is 57.1 Å². The second-order valence-electron chi connectivity index (χ2n) is 10.3. The number of carbonyl (C=O) groups excluding carboxylic acids is 1. The van der Waals surface area contributed by atoms with Crippen LogP contribution in [0.2, 0.25) is 0 Å². The molecule has 0 aliphatic carbocycles. The first-order chi connectivity index (χ1) is 18.4. The quantitative estimate of drug-likeness (QED) is 0.389. The second kappa shape index (κ2) is 11.9. The summed E-state index contributed by atoms with van der Waals surface area (Å²) < 4.78 is 69.1. The van der Waals surface area contributed by atoms with Gasteiger partial charge in [0.1, 0.15) is 0 Å². The Morgan fingerprint density at radius 3 is 2.33 bits per heavy atom. The Balaban J connectivity index is 1.33. The molecule has 1 saturated heterocycles. The number of nitrogens with one attached hydrogen (secondary N) is 1. The number of hydrogen-bond donors (Lipinski definition) is 1. The van der Waals surface area contributed by atoms with Gasteiger partial charge in [0.2, 0.25) is 15.9 Å². The molecule has 1 fully saturated rings. The van der Waals surface area contributed by atoms with Crippen LogP contribution in [-0.4, -0.2) is 41.5 Å². The van der Waals surface area contributed by atoms with Crippen molar-refractivity contribution < 1.29 is 26.4 Å². The van der Waals surface area contributed by atoms with E-state index in [-0.39, 0.29) is 37.9 Å². The van der Waals surface area contributed by atoms with Gasteiger partial charge in [0, 0.05) is 25.2 Å². The van der Waals surface area contributed by atoms with Gasteiger partial charge in [-0.2, -0.15) is 22.6 Å². The zero-order chi connectivity index (χ0) is 28.2. The maximum Gasteiger partial charge on any atom is 0.417 e. The van der Waals surface area contributed by atoms with Gasteiger partial charge in [0.25, 0.3) is 0 Å². The molecule has 1 aromatic heterocycles. The molecule has 0 radical (unpaired) electrons. The van der Waals surface area contributed by atoms with Crippen molar-refractivity contribution in [2.75, 3.05) is 13.1 Å². The molecule has 7 nitrogen and oxygen atoms in total. The lowest BCUT2D eigenvalue weighted by Crippen LogP contribution is -2.40. The minimum atomic E-state index is -4.77. The maximum absolute atomic E-state index is 13.4. The van der Waals surface area contributed by atoms with E-state index in [2.05, 4.69) is 19.2 Å². The highest BCUT2D eigenvalue weighted by Crippen LogP contribution is 2.36. The predicted octanol–water partition coefficient (Wildman–Crippen LogP) is 5.20. The number of benzene rings is 2. The molecule has 2 aromatic carbocycles. The summed E-state index contributed by atoms with van der Waals surface area (Å²) in [5, 5.41) is 7.60. The summed E-state index contributed by atoms with van der Waals surface area (Å²) in [7, 11) is -4.31. The first-order valence-electron chi connectivity index (χ1n) is 13.0. The first-order valence-corrected chi connectivity index (χ1v) is 14.5. The fourth-order valence-electron chi connectivity index (χ4n) is 4.86. The van der Waals surface area contributed by atoms with Gasteiger partial charge < -0.3 is 5.32 Å². The molecule has 0 atom stereocenters. The Kier molecular flexibility index (Phi) is 8.80. The normalized spacial score (nSPS) is 15.5. The minimum Gasteiger partial charge on any atom is -0.350 e. The molecule has 1 aliphatic heterocycles. The van der Waals surface area contributed by atoms with Crippen LogP contribution in [0, 0.1) is 11.8 Å². The van der Waals surface area contributed by atoms with E-state index in [1.165, 1.54) is 12.1 Å². The number of carbonyl (C=O) groups is 1. The number of piperidine rings is 1. The summed E-state index contributed by atoms with van der Waals surface area (Å²) in [6.45, 7) is 4.66. The molecular weight excluding hydrogens is 529 g/mol. The summed E-state index contributed by atoms with van der Waals surface area (Å²) in [5.74, 6) is 0.203.